The van der Waals surface area contributed by atoms with Gasteiger partial charge in [0.2, 0.25) is 11.7 Å². The van der Waals surface area contributed by atoms with E-state index in [4.69, 9.17) is 8.94 Å². The fourth-order valence-corrected chi connectivity index (χ4v) is 3.06. The molecule has 7 heteroatoms. The predicted octanol–water partition coefficient (Wildman–Crippen LogP) is 3.84. The highest BCUT2D eigenvalue weighted by Crippen LogP contribution is 2.32. The van der Waals surface area contributed by atoms with Crippen LogP contribution in [0.4, 0.5) is 4.39 Å². The molecule has 1 amide bonds. The summed E-state index contributed by atoms with van der Waals surface area (Å²) < 4.78 is 23.7. The van der Waals surface area contributed by atoms with Crippen molar-refractivity contribution in [3.8, 4) is 11.4 Å². The van der Waals surface area contributed by atoms with Crippen LogP contribution in [-0.2, 0) is 0 Å². The number of carbonyl (C=O) groups is 1. The Morgan fingerprint density at radius 2 is 2.04 bits per heavy atom. The molecule has 6 nitrogen and oxygen atoms in total. The molecule has 0 aliphatic carbocycles. The van der Waals surface area contributed by atoms with Crippen molar-refractivity contribution in [2.75, 3.05) is 6.54 Å². The number of furan rings is 1. The number of aromatic nitrogens is 2. The topological polar surface area (TPSA) is 72.4 Å². The first-order chi connectivity index (χ1) is 12.2. The van der Waals surface area contributed by atoms with Crippen LogP contribution in [0.1, 0.15) is 41.7 Å². The van der Waals surface area contributed by atoms with Gasteiger partial charge in [-0.15, -0.1) is 0 Å². The first-order valence-electron chi connectivity index (χ1n) is 8.16. The average molecular weight is 341 g/mol. The molecule has 3 aromatic rings. The highest BCUT2D eigenvalue weighted by molar-refractivity contribution is 5.91. The number of halogens is 1. The zero-order chi connectivity index (χ0) is 17.2. The number of likely N-dealkylation sites (tertiary alicyclic amines) is 1. The molecule has 0 radical (unpaired) electrons. The monoisotopic (exact) mass is 341 g/mol. The average Bonchev–Trinajstić information content (AvgIpc) is 3.34. The van der Waals surface area contributed by atoms with Crippen molar-refractivity contribution in [2.45, 2.75) is 25.3 Å². The molecule has 1 fully saturated rings. The van der Waals surface area contributed by atoms with Crippen molar-refractivity contribution in [3.05, 3.63) is 60.1 Å². The number of carbonyl (C=O) groups excluding carboxylic acids is 1. The van der Waals surface area contributed by atoms with E-state index in [-0.39, 0.29) is 17.8 Å². The van der Waals surface area contributed by atoms with Gasteiger partial charge in [0.05, 0.1) is 6.26 Å². The Balaban J connectivity index is 1.61. The molecular formula is C18H16FN3O3. The first kappa shape index (κ1) is 15.6. The summed E-state index contributed by atoms with van der Waals surface area (Å²) in [6.45, 7) is 0.610. The lowest BCUT2D eigenvalue weighted by Crippen LogP contribution is -2.38. The van der Waals surface area contributed by atoms with Gasteiger partial charge in [0.1, 0.15) is 11.9 Å². The highest BCUT2D eigenvalue weighted by Gasteiger charge is 2.33. The minimum Gasteiger partial charge on any atom is -0.459 e. The van der Waals surface area contributed by atoms with Crippen molar-refractivity contribution < 1.29 is 18.1 Å². The predicted molar refractivity (Wildman–Crippen MR) is 86.0 cm³/mol. The maximum atomic E-state index is 13.1. The van der Waals surface area contributed by atoms with Crippen LogP contribution in [0.3, 0.4) is 0 Å². The molecule has 4 rings (SSSR count). The van der Waals surface area contributed by atoms with Gasteiger partial charge in [0, 0.05) is 12.1 Å². The summed E-state index contributed by atoms with van der Waals surface area (Å²) in [4.78, 5) is 18.8. The second kappa shape index (κ2) is 6.51. The number of amides is 1. The third-order valence-electron chi connectivity index (χ3n) is 4.32. The molecule has 0 N–H and O–H groups in total. The van der Waals surface area contributed by atoms with Gasteiger partial charge in [-0.3, -0.25) is 4.79 Å². The third-order valence-corrected chi connectivity index (χ3v) is 4.32. The van der Waals surface area contributed by atoms with E-state index in [1.54, 1.807) is 29.2 Å². The summed E-state index contributed by atoms with van der Waals surface area (Å²) in [5.41, 5.74) is 0.663. The maximum Gasteiger partial charge on any atom is 0.290 e. The molecule has 0 bridgehead atoms. The zero-order valence-electron chi connectivity index (χ0n) is 13.4. The van der Waals surface area contributed by atoms with E-state index in [0.29, 0.717) is 29.6 Å². The van der Waals surface area contributed by atoms with Crippen molar-refractivity contribution in [1.82, 2.24) is 15.0 Å². The Hall–Kier alpha value is -2.96. The molecule has 1 aromatic carbocycles. The molecule has 128 valence electrons. The zero-order valence-corrected chi connectivity index (χ0v) is 13.4. The molecule has 1 saturated heterocycles. The summed E-state index contributed by atoms with van der Waals surface area (Å²) in [5.74, 6) is 0.557. The largest absolute Gasteiger partial charge is 0.459 e. The number of hydrogen-bond acceptors (Lipinski definition) is 5. The summed E-state index contributed by atoms with van der Waals surface area (Å²) in [5, 5.41) is 3.98. The van der Waals surface area contributed by atoms with Crippen LogP contribution >= 0.6 is 0 Å². The second-order valence-corrected chi connectivity index (χ2v) is 5.95. The maximum absolute atomic E-state index is 13.1. The summed E-state index contributed by atoms with van der Waals surface area (Å²) in [7, 11) is 0. The van der Waals surface area contributed by atoms with E-state index in [9.17, 15) is 9.18 Å². The molecule has 0 saturated carbocycles. The molecule has 1 unspecified atom stereocenters. The SMILES string of the molecule is O=C(c1ccco1)N1CCCCC1c1nc(-c2ccc(F)cc2)no1. The van der Waals surface area contributed by atoms with E-state index in [0.717, 1.165) is 19.3 Å². The Labute approximate surface area is 143 Å². The van der Waals surface area contributed by atoms with Crippen LogP contribution in [-0.4, -0.2) is 27.5 Å². The van der Waals surface area contributed by atoms with Gasteiger partial charge in [-0.2, -0.15) is 4.98 Å². The van der Waals surface area contributed by atoms with Crippen LogP contribution < -0.4 is 0 Å². The van der Waals surface area contributed by atoms with E-state index < -0.39 is 0 Å². The van der Waals surface area contributed by atoms with Gasteiger partial charge in [-0.1, -0.05) is 5.16 Å². The summed E-state index contributed by atoms with van der Waals surface area (Å²) >= 11 is 0. The fraction of sp³-hybridized carbons (Fsp3) is 0.278. The van der Waals surface area contributed by atoms with Crippen LogP contribution in [0.5, 0.6) is 0 Å². The quantitative estimate of drug-likeness (QED) is 0.724. The van der Waals surface area contributed by atoms with Gasteiger partial charge in [-0.25, -0.2) is 4.39 Å². The lowest BCUT2D eigenvalue weighted by atomic mass is 10.0. The second-order valence-electron chi connectivity index (χ2n) is 5.95. The molecule has 2 aromatic heterocycles. The first-order valence-corrected chi connectivity index (χ1v) is 8.16. The standard InChI is InChI=1S/C18H16FN3O3/c19-13-8-6-12(7-9-13)16-20-17(25-21-16)14-4-1-2-10-22(14)18(23)15-5-3-11-24-15/h3,5-9,11,14H,1-2,4,10H2. The normalized spacial score (nSPS) is 17.6. The van der Waals surface area contributed by atoms with Gasteiger partial charge in [-0.05, 0) is 55.7 Å². The minimum absolute atomic E-state index is 0.184. The van der Waals surface area contributed by atoms with E-state index in [2.05, 4.69) is 10.1 Å². The number of hydrogen-bond donors (Lipinski definition) is 0. The summed E-state index contributed by atoms with van der Waals surface area (Å²) in [6.07, 6.45) is 4.12. The minimum atomic E-state index is -0.324. The molecule has 1 aliphatic heterocycles. The third kappa shape index (κ3) is 3.05. The molecule has 1 atom stereocenters. The Morgan fingerprint density at radius 1 is 1.20 bits per heavy atom. The van der Waals surface area contributed by atoms with Gasteiger partial charge < -0.3 is 13.8 Å². The van der Waals surface area contributed by atoms with Gasteiger partial charge >= 0.3 is 0 Å². The molecule has 3 heterocycles. The van der Waals surface area contributed by atoms with Crippen LogP contribution in [0.25, 0.3) is 11.4 Å². The lowest BCUT2D eigenvalue weighted by Gasteiger charge is -2.32. The smallest absolute Gasteiger partial charge is 0.290 e. The molecule has 25 heavy (non-hydrogen) atoms. The number of piperidine rings is 1. The van der Waals surface area contributed by atoms with E-state index in [1.165, 1.54) is 18.4 Å². The van der Waals surface area contributed by atoms with Crippen LogP contribution in [0.15, 0.2) is 51.6 Å². The van der Waals surface area contributed by atoms with Crippen molar-refractivity contribution in [2.24, 2.45) is 0 Å². The van der Waals surface area contributed by atoms with Gasteiger partial charge in [0.15, 0.2) is 5.76 Å². The Kier molecular flexibility index (Phi) is 4.05. The van der Waals surface area contributed by atoms with Crippen molar-refractivity contribution >= 4 is 5.91 Å². The van der Waals surface area contributed by atoms with Crippen molar-refractivity contribution in [1.29, 1.82) is 0 Å². The van der Waals surface area contributed by atoms with Crippen LogP contribution in [0.2, 0.25) is 0 Å². The van der Waals surface area contributed by atoms with E-state index in [1.807, 2.05) is 0 Å². The van der Waals surface area contributed by atoms with Crippen molar-refractivity contribution in [3.63, 3.8) is 0 Å². The van der Waals surface area contributed by atoms with E-state index >= 15 is 0 Å². The lowest BCUT2D eigenvalue weighted by molar-refractivity contribution is 0.0529. The summed E-state index contributed by atoms with van der Waals surface area (Å²) in [6, 6.07) is 8.93. The molecular weight excluding hydrogens is 325 g/mol. The Morgan fingerprint density at radius 3 is 2.80 bits per heavy atom. The number of nitrogens with zero attached hydrogens (tertiary/aromatic N) is 3. The Bertz CT molecular complexity index is 858. The number of rotatable bonds is 3. The van der Waals surface area contributed by atoms with Crippen LogP contribution in [0, 0.1) is 5.82 Å². The van der Waals surface area contributed by atoms with Gasteiger partial charge in [0.25, 0.3) is 5.91 Å². The molecule has 0 spiro atoms. The fourth-order valence-electron chi connectivity index (χ4n) is 3.06. The highest BCUT2D eigenvalue weighted by atomic mass is 19.1. The molecule has 1 aliphatic rings. The number of benzene rings is 1.